The van der Waals surface area contributed by atoms with Gasteiger partial charge in [-0.25, -0.2) is 16.8 Å². The lowest BCUT2D eigenvalue weighted by molar-refractivity contribution is 0.0943. The summed E-state index contributed by atoms with van der Waals surface area (Å²) < 4.78 is 66.2. The predicted molar refractivity (Wildman–Crippen MR) is 262 cm³/mol. The molecule has 0 bridgehead atoms. The Hall–Kier alpha value is -3.92. The average Bonchev–Trinajstić information content (AvgIpc) is 4.05. The number of amides is 2. The number of unbranched alkanes of at least 4 members (excludes halogenated alkanes) is 6. The maximum Gasteiger partial charge on any atom is 0.252 e. The smallest absolute Gasteiger partial charge is 0.252 e. The van der Waals surface area contributed by atoms with Crippen molar-refractivity contribution in [2.24, 2.45) is 0 Å². The van der Waals surface area contributed by atoms with Gasteiger partial charge in [0.25, 0.3) is 31.9 Å². The van der Waals surface area contributed by atoms with E-state index in [0.29, 0.717) is 78.4 Å². The molecule has 5 N–H and O–H groups in total. The number of ether oxygens (including phenoxy) is 2. The van der Waals surface area contributed by atoms with Crippen molar-refractivity contribution in [3.63, 3.8) is 0 Å². The number of aliphatic hydroxyl groups is 1. The molecule has 2 fully saturated rings. The van der Waals surface area contributed by atoms with Crippen LogP contribution in [0.25, 0.3) is 0 Å². The van der Waals surface area contributed by atoms with Crippen LogP contribution in [0.15, 0.2) is 81.2 Å². The zero-order valence-electron chi connectivity index (χ0n) is 38.5. The molecule has 0 radical (unpaired) electrons. The van der Waals surface area contributed by atoms with Crippen LogP contribution in [-0.2, 0) is 33.1 Å². The van der Waals surface area contributed by atoms with Crippen LogP contribution in [0.2, 0.25) is 0 Å². The van der Waals surface area contributed by atoms with E-state index in [2.05, 4.69) is 28.2 Å². The molecule has 0 atom stereocenters. The minimum absolute atomic E-state index is 0.0742. The Morgan fingerprint density at radius 1 is 0.621 bits per heavy atom. The van der Waals surface area contributed by atoms with Gasteiger partial charge in [-0.2, -0.15) is 8.61 Å². The first-order valence-corrected chi connectivity index (χ1v) is 27.5. The Morgan fingerprint density at radius 2 is 1.05 bits per heavy atom. The maximum absolute atomic E-state index is 13.2. The summed E-state index contributed by atoms with van der Waals surface area (Å²) in [5.41, 5.74) is 0.985. The van der Waals surface area contributed by atoms with Crippen LogP contribution in [0.5, 0.6) is 11.5 Å². The molecule has 4 aromatic rings. The van der Waals surface area contributed by atoms with Crippen molar-refractivity contribution < 1.29 is 41.0 Å². The van der Waals surface area contributed by atoms with Crippen LogP contribution in [-0.4, -0.2) is 115 Å². The molecule has 2 aliphatic heterocycles. The SMILES string of the molecule is CCCCCCCCCNC1CCN(S(=O)(=O)c2ccc(CNC(=O)c3cccc(OC)c3)s2)CC1.COc1cccc(C(=O)NCc2ccc(S(=O)(=O)N3CCC(NCCO)CC3)s2)c1. The van der Waals surface area contributed by atoms with E-state index in [9.17, 15) is 26.4 Å². The fourth-order valence-corrected chi connectivity index (χ4v) is 13.6. The van der Waals surface area contributed by atoms with E-state index in [1.54, 1.807) is 91.3 Å². The van der Waals surface area contributed by atoms with Crippen LogP contribution < -0.4 is 30.7 Å². The van der Waals surface area contributed by atoms with Crippen LogP contribution in [0.4, 0.5) is 0 Å². The number of hydrogen-bond acceptors (Lipinski definition) is 13. The summed E-state index contributed by atoms with van der Waals surface area (Å²) in [6.07, 6.45) is 12.2. The van der Waals surface area contributed by atoms with Crippen LogP contribution >= 0.6 is 22.7 Å². The first-order valence-electron chi connectivity index (χ1n) is 23.0. The quantitative estimate of drug-likeness (QED) is 0.0475. The van der Waals surface area contributed by atoms with E-state index in [-0.39, 0.29) is 41.8 Å². The van der Waals surface area contributed by atoms with E-state index in [1.165, 1.54) is 71.9 Å². The lowest BCUT2D eigenvalue weighted by Crippen LogP contribution is -2.45. The minimum Gasteiger partial charge on any atom is -0.497 e. The van der Waals surface area contributed by atoms with E-state index >= 15 is 0 Å². The maximum atomic E-state index is 13.2. The molecule has 66 heavy (non-hydrogen) atoms. The number of nitrogens with zero attached hydrogens (tertiary/aromatic N) is 2. The number of piperidine rings is 2. The molecule has 0 saturated carbocycles. The van der Waals surface area contributed by atoms with Crippen LogP contribution in [0, 0.1) is 0 Å². The van der Waals surface area contributed by atoms with E-state index in [0.717, 1.165) is 29.1 Å². The molecule has 2 aliphatic rings. The fourth-order valence-electron chi connectivity index (χ4n) is 7.76. The number of benzene rings is 2. The van der Waals surface area contributed by atoms with Gasteiger partial charge in [0, 0.05) is 65.7 Å². The molecule has 2 amide bonds. The zero-order valence-corrected chi connectivity index (χ0v) is 41.7. The Labute approximate surface area is 399 Å². The number of aliphatic hydroxyl groups excluding tert-OH is 1. The van der Waals surface area contributed by atoms with Gasteiger partial charge in [-0.3, -0.25) is 9.59 Å². The molecular weight excluding hydrogens is 921 g/mol. The Kier molecular flexibility index (Phi) is 21.8. The summed E-state index contributed by atoms with van der Waals surface area (Å²) in [6, 6.07) is 21.2. The van der Waals surface area contributed by atoms with Gasteiger partial charge in [-0.1, -0.05) is 57.6 Å². The van der Waals surface area contributed by atoms with E-state index in [4.69, 9.17) is 14.6 Å². The number of nitrogens with one attached hydrogen (secondary N) is 4. The van der Waals surface area contributed by atoms with Crippen molar-refractivity contribution in [1.29, 1.82) is 0 Å². The van der Waals surface area contributed by atoms with Crippen molar-refractivity contribution in [3.05, 3.63) is 93.7 Å². The summed E-state index contributed by atoms with van der Waals surface area (Å²) in [4.78, 5) is 26.3. The second kappa shape index (κ2) is 27.2. The largest absolute Gasteiger partial charge is 0.497 e. The van der Waals surface area contributed by atoms with Gasteiger partial charge in [0.05, 0.1) is 33.9 Å². The number of hydrogen-bond donors (Lipinski definition) is 5. The van der Waals surface area contributed by atoms with Gasteiger partial charge in [-0.05, 0) is 99.3 Å². The lowest BCUT2D eigenvalue weighted by atomic mass is 10.1. The molecule has 0 aliphatic carbocycles. The van der Waals surface area contributed by atoms with Gasteiger partial charge >= 0.3 is 0 Å². The van der Waals surface area contributed by atoms with E-state index in [1.807, 2.05) is 0 Å². The molecular formula is C47H68N6O9S4. The highest BCUT2D eigenvalue weighted by molar-refractivity contribution is 7.91. The number of thiophene rings is 2. The summed E-state index contributed by atoms with van der Waals surface area (Å²) in [5, 5.41) is 21.4. The first kappa shape index (κ1) is 53.0. The summed E-state index contributed by atoms with van der Waals surface area (Å²) >= 11 is 2.40. The number of carbonyl (C=O) groups excluding carboxylic acids is 2. The topological polar surface area (TPSA) is 196 Å². The fraction of sp³-hybridized carbons (Fsp3) is 0.532. The molecule has 15 nitrogen and oxygen atoms in total. The normalized spacial score (nSPS) is 15.5. The van der Waals surface area contributed by atoms with Crippen molar-refractivity contribution in [3.8, 4) is 11.5 Å². The highest BCUT2D eigenvalue weighted by Crippen LogP contribution is 2.29. The average molecular weight is 989 g/mol. The molecule has 2 aromatic carbocycles. The molecule has 4 heterocycles. The molecule has 364 valence electrons. The highest BCUT2D eigenvalue weighted by Gasteiger charge is 2.32. The van der Waals surface area contributed by atoms with Gasteiger partial charge in [-0.15, -0.1) is 22.7 Å². The second-order valence-electron chi connectivity index (χ2n) is 16.4. The summed E-state index contributed by atoms with van der Waals surface area (Å²) in [5.74, 6) is 0.744. The highest BCUT2D eigenvalue weighted by atomic mass is 32.3. The minimum atomic E-state index is -3.54. The predicted octanol–water partition coefficient (Wildman–Crippen LogP) is 6.60. The van der Waals surface area contributed by atoms with Crippen molar-refractivity contribution in [1.82, 2.24) is 29.9 Å². The monoisotopic (exact) mass is 988 g/mol. The van der Waals surface area contributed by atoms with Crippen molar-refractivity contribution >= 4 is 54.5 Å². The molecule has 2 saturated heterocycles. The van der Waals surface area contributed by atoms with Crippen molar-refractivity contribution in [2.75, 3.05) is 60.1 Å². The number of sulfonamides is 2. The Morgan fingerprint density at radius 3 is 1.47 bits per heavy atom. The van der Waals surface area contributed by atoms with Crippen LogP contribution in [0.1, 0.15) is 108 Å². The number of carbonyl (C=O) groups is 2. The van der Waals surface area contributed by atoms with Gasteiger partial charge in [0.1, 0.15) is 19.9 Å². The third-order valence-corrected chi connectivity index (χ3v) is 18.5. The third kappa shape index (κ3) is 16.1. The summed E-state index contributed by atoms with van der Waals surface area (Å²) in [7, 11) is -3.95. The third-order valence-electron chi connectivity index (χ3n) is 11.6. The van der Waals surface area contributed by atoms with Crippen LogP contribution in [0.3, 0.4) is 0 Å². The molecule has 0 spiro atoms. The zero-order chi connectivity index (χ0) is 47.4. The van der Waals surface area contributed by atoms with E-state index < -0.39 is 20.0 Å². The molecule has 2 aromatic heterocycles. The number of rotatable bonds is 24. The van der Waals surface area contributed by atoms with Gasteiger partial charge in [0.15, 0.2) is 0 Å². The Balaban J connectivity index is 0.000000251. The molecule has 0 unspecified atom stereocenters. The van der Waals surface area contributed by atoms with Gasteiger partial charge < -0.3 is 35.8 Å². The Bertz CT molecular complexity index is 2320. The first-order chi connectivity index (χ1) is 31.9. The summed E-state index contributed by atoms with van der Waals surface area (Å²) in [6.45, 7) is 6.36. The number of methoxy groups -OCH3 is 2. The second-order valence-corrected chi connectivity index (χ2v) is 23.0. The standard InChI is InChI=1S/C27H41N3O4S2.C20H27N3O5S2/c1-3-4-5-6-7-8-9-17-28-23-15-18-30(19-16-23)36(32,33)26-14-13-25(35-26)21-29-27(31)22-11-10-12-24(20-22)34-2;1-28-17-4-2-3-15(13-17)20(25)22-14-18-5-6-19(29-18)30(26,27)23-10-7-16(8-11-23)21-9-12-24/h10-14,20,23,28H,3-9,15-19,21H2,1-2H3,(H,29,31);2-6,13,16,21,24H,7-12,14H2,1H3,(H,22,25). The lowest BCUT2D eigenvalue weighted by Gasteiger charge is -2.31. The van der Waals surface area contributed by atoms with Gasteiger partial charge in [0.2, 0.25) is 0 Å². The van der Waals surface area contributed by atoms with Crippen molar-refractivity contribution in [2.45, 2.75) is 111 Å². The molecule has 6 rings (SSSR count). The molecule has 19 heteroatoms.